The lowest BCUT2D eigenvalue weighted by atomic mass is 10.2. The van der Waals surface area contributed by atoms with Gasteiger partial charge < -0.3 is 15.8 Å². The number of primary amides is 1. The molecule has 1 aromatic heterocycles. The number of amides is 2. The van der Waals surface area contributed by atoms with Crippen LogP contribution in [0, 0.1) is 5.82 Å². The first kappa shape index (κ1) is 16.0. The molecule has 1 unspecified atom stereocenters. The average Bonchev–Trinajstić information content (AvgIpc) is 2.52. The number of carbonyl (C=O) groups is 1. The van der Waals surface area contributed by atoms with Crippen LogP contribution in [0.4, 0.5) is 9.18 Å². The van der Waals surface area contributed by atoms with Crippen LogP contribution in [0.25, 0.3) is 0 Å². The van der Waals surface area contributed by atoms with E-state index in [1.54, 1.807) is 12.1 Å². The van der Waals surface area contributed by atoms with Gasteiger partial charge in [0.25, 0.3) is 0 Å². The second kappa shape index (κ2) is 7.56. The van der Waals surface area contributed by atoms with Gasteiger partial charge in [0, 0.05) is 18.3 Å². The number of ether oxygens (including phenoxy) is 1. The Hall–Kier alpha value is -2.41. The highest BCUT2D eigenvalue weighted by atomic mass is 35.5. The number of aromatic nitrogens is 2. The zero-order chi connectivity index (χ0) is 15.9. The molecule has 8 heteroatoms. The minimum absolute atomic E-state index is 0.0640. The van der Waals surface area contributed by atoms with Crippen LogP contribution in [0.15, 0.2) is 36.7 Å². The highest BCUT2D eigenvalue weighted by Gasteiger charge is 2.19. The third-order valence-electron chi connectivity index (χ3n) is 2.78. The normalized spacial score (nSPS) is 11.7. The second-order valence-electron chi connectivity index (χ2n) is 4.38. The summed E-state index contributed by atoms with van der Waals surface area (Å²) in [6, 6.07) is 4.55. The summed E-state index contributed by atoms with van der Waals surface area (Å²) in [5, 5.41) is 2.47. The molecule has 0 saturated heterocycles. The maximum atomic E-state index is 12.9. The van der Waals surface area contributed by atoms with Crippen LogP contribution in [0.5, 0.6) is 5.88 Å². The summed E-state index contributed by atoms with van der Waals surface area (Å²) in [6.07, 6.45) is 2.92. The number of alkyl halides is 1. The van der Waals surface area contributed by atoms with Crippen LogP contribution in [0.2, 0.25) is 0 Å². The molecule has 1 heterocycles. The maximum absolute atomic E-state index is 12.9. The Morgan fingerprint density at radius 2 is 2.00 bits per heavy atom. The van der Waals surface area contributed by atoms with Gasteiger partial charge in [-0.1, -0.05) is 12.1 Å². The Morgan fingerprint density at radius 3 is 2.64 bits per heavy atom. The van der Waals surface area contributed by atoms with Gasteiger partial charge in [-0.2, -0.15) is 0 Å². The van der Waals surface area contributed by atoms with Crippen molar-refractivity contribution in [2.75, 3.05) is 5.88 Å². The van der Waals surface area contributed by atoms with Crippen molar-refractivity contribution < 1.29 is 13.9 Å². The second-order valence-corrected chi connectivity index (χ2v) is 4.69. The van der Waals surface area contributed by atoms with Crippen molar-refractivity contribution in [1.82, 2.24) is 15.3 Å². The maximum Gasteiger partial charge on any atom is 0.312 e. The summed E-state index contributed by atoms with van der Waals surface area (Å²) in [4.78, 5) is 19.2. The standard InChI is InChI=1S/C14H14ClFN4O2/c15-7-11(20-14(17)21)12-13(19-6-5-18-12)22-8-9-1-3-10(16)4-2-9/h1-6,11H,7-8H2,(H3,17,20,21). The van der Waals surface area contributed by atoms with Crippen molar-refractivity contribution in [3.8, 4) is 5.88 Å². The first-order valence-electron chi connectivity index (χ1n) is 6.40. The largest absolute Gasteiger partial charge is 0.471 e. The van der Waals surface area contributed by atoms with Crippen molar-refractivity contribution in [1.29, 1.82) is 0 Å². The number of rotatable bonds is 6. The highest BCUT2D eigenvalue weighted by Crippen LogP contribution is 2.22. The van der Waals surface area contributed by atoms with Gasteiger partial charge in [-0.05, 0) is 17.7 Å². The third-order valence-corrected chi connectivity index (χ3v) is 3.09. The molecule has 3 N–H and O–H groups in total. The molecule has 2 rings (SSSR count). The number of nitrogens with zero attached hydrogens (tertiary/aromatic N) is 2. The lowest BCUT2D eigenvalue weighted by molar-refractivity contribution is 0.245. The van der Waals surface area contributed by atoms with Gasteiger partial charge in [0.2, 0.25) is 5.88 Å². The molecule has 0 saturated carbocycles. The lowest BCUT2D eigenvalue weighted by Crippen LogP contribution is -2.34. The highest BCUT2D eigenvalue weighted by molar-refractivity contribution is 6.18. The number of hydrogen-bond acceptors (Lipinski definition) is 4. The zero-order valence-corrected chi connectivity index (χ0v) is 12.3. The summed E-state index contributed by atoms with van der Waals surface area (Å²) < 4.78 is 18.4. The van der Waals surface area contributed by atoms with Gasteiger partial charge in [-0.3, -0.25) is 4.98 Å². The molecule has 0 spiro atoms. The van der Waals surface area contributed by atoms with E-state index >= 15 is 0 Å². The van der Waals surface area contributed by atoms with E-state index in [4.69, 9.17) is 22.1 Å². The molecular formula is C14H14ClFN4O2. The van der Waals surface area contributed by atoms with E-state index in [-0.39, 0.29) is 24.2 Å². The molecule has 2 aromatic rings. The van der Waals surface area contributed by atoms with Crippen LogP contribution in [0.3, 0.4) is 0 Å². The van der Waals surface area contributed by atoms with E-state index < -0.39 is 12.1 Å². The van der Waals surface area contributed by atoms with Gasteiger partial charge in [0.1, 0.15) is 18.1 Å². The number of nitrogens with two attached hydrogens (primary N) is 1. The average molecular weight is 325 g/mol. The molecular weight excluding hydrogens is 311 g/mol. The van der Waals surface area contributed by atoms with E-state index in [1.807, 2.05) is 0 Å². The van der Waals surface area contributed by atoms with Gasteiger partial charge >= 0.3 is 6.03 Å². The van der Waals surface area contributed by atoms with Crippen LogP contribution in [-0.4, -0.2) is 21.9 Å². The number of carbonyl (C=O) groups excluding carboxylic acids is 1. The molecule has 0 aliphatic carbocycles. The molecule has 6 nitrogen and oxygen atoms in total. The molecule has 2 amide bonds. The van der Waals surface area contributed by atoms with E-state index in [0.717, 1.165) is 5.56 Å². The molecule has 1 aromatic carbocycles. The molecule has 1 atom stereocenters. The van der Waals surface area contributed by atoms with Gasteiger partial charge in [-0.25, -0.2) is 14.2 Å². The number of nitrogens with one attached hydrogen (secondary N) is 1. The predicted octanol–water partition coefficient (Wildman–Crippen LogP) is 2.14. The first-order chi connectivity index (χ1) is 10.6. The molecule has 0 fully saturated rings. The fraction of sp³-hybridized carbons (Fsp3) is 0.214. The minimum atomic E-state index is -0.721. The van der Waals surface area contributed by atoms with Crippen molar-refractivity contribution in [2.45, 2.75) is 12.6 Å². The van der Waals surface area contributed by atoms with E-state index in [2.05, 4.69) is 15.3 Å². The Kier molecular flexibility index (Phi) is 5.48. The van der Waals surface area contributed by atoms with E-state index in [9.17, 15) is 9.18 Å². The molecule has 0 aliphatic rings. The Morgan fingerprint density at radius 1 is 1.32 bits per heavy atom. The lowest BCUT2D eigenvalue weighted by Gasteiger charge is -2.16. The van der Waals surface area contributed by atoms with Crippen molar-refractivity contribution >= 4 is 17.6 Å². The summed E-state index contributed by atoms with van der Waals surface area (Å²) in [5.74, 6) is -0.0304. The number of urea groups is 1. The number of hydrogen-bond donors (Lipinski definition) is 2. The smallest absolute Gasteiger partial charge is 0.312 e. The zero-order valence-electron chi connectivity index (χ0n) is 11.5. The van der Waals surface area contributed by atoms with Crippen molar-refractivity contribution in [3.63, 3.8) is 0 Å². The molecule has 22 heavy (non-hydrogen) atoms. The Bertz CT molecular complexity index is 639. The quantitative estimate of drug-likeness (QED) is 0.797. The molecule has 0 aliphatic heterocycles. The SMILES string of the molecule is NC(=O)NC(CCl)c1nccnc1OCc1ccc(F)cc1. The Balaban J connectivity index is 2.13. The van der Waals surface area contributed by atoms with Gasteiger partial charge in [-0.15, -0.1) is 11.6 Å². The fourth-order valence-electron chi connectivity index (χ4n) is 1.77. The van der Waals surface area contributed by atoms with E-state index in [0.29, 0.717) is 5.69 Å². The number of benzene rings is 1. The van der Waals surface area contributed by atoms with Crippen LogP contribution in [-0.2, 0) is 6.61 Å². The summed E-state index contributed by atoms with van der Waals surface area (Å²) in [5.41, 5.74) is 6.24. The monoisotopic (exact) mass is 324 g/mol. The van der Waals surface area contributed by atoms with Crippen LogP contribution >= 0.6 is 11.6 Å². The van der Waals surface area contributed by atoms with Gasteiger partial charge in [0.15, 0.2) is 0 Å². The van der Waals surface area contributed by atoms with E-state index in [1.165, 1.54) is 24.5 Å². The van der Waals surface area contributed by atoms with Crippen molar-refractivity contribution in [2.24, 2.45) is 5.73 Å². The van der Waals surface area contributed by atoms with Gasteiger partial charge in [0.05, 0.1) is 6.04 Å². The summed E-state index contributed by atoms with van der Waals surface area (Å²) >= 11 is 5.82. The Labute approximate surface area is 131 Å². The summed E-state index contributed by atoms with van der Waals surface area (Å²) in [6.45, 7) is 0.178. The van der Waals surface area contributed by atoms with Crippen molar-refractivity contribution in [3.05, 3.63) is 53.7 Å². The molecule has 0 radical (unpaired) electrons. The fourth-order valence-corrected chi connectivity index (χ4v) is 1.99. The molecule has 0 bridgehead atoms. The topological polar surface area (TPSA) is 90.1 Å². The number of halogens is 2. The van der Waals surface area contributed by atoms with Crippen LogP contribution in [0.1, 0.15) is 17.3 Å². The third kappa shape index (κ3) is 4.29. The first-order valence-corrected chi connectivity index (χ1v) is 6.93. The van der Waals surface area contributed by atoms with Crippen LogP contribution < -0.4 is 15.8 Å². The predicted molar refractivity (Wildman–Crippen MR) is 78.9 cm³/mol. The summed E-state index contributed by atoms with van der Waals surface area (Å²) in [7, 11) is 0. The molecule has 116 valence electrons. The minimum Gasteiger partial charge on any atom is -0.471 e.